The van der Waals surface area contributed by atoms with E-state index in [1.165, 1.54) is 38.5 Å². The summed E-state index contributed by atoms with van der Waals surface area (Å²) in [6.45, 7) is 9.14. The summed E-state index contributed by atoms with van der Waals surface area (Å²) in [5.41, 5.74) is 2.51. The van der Waals surface area contributed by atoms with Gasteiger partial charge in [0.2, 0.25) is 5.75 Å². The third-order valence-corrected chi connectivity index (χ3v) is 6.11. The normalized spacial score (nSPS) is 15.9. The maximum absolute atomic E-state index is 10.2. The minimum atomic E-state index is -0.345. The van der Waals surface area contributed by atoms with Crippen LogP contribution in [0, 0.1) is 10.8 Å². The molecule has 3 N–H and O–H groups in total. The van der Waals surface area contributed by atoms with Gasteiger partial charge in [-0.1, -0.05) is 53.4 Å². The van der Waals surface area contributed by atoms with Crippen molar-refractivity contribution >= 4 is 0 Å². The predicted molar refractivity (Wildman–Crippen MR) is 113 cm³/mol. The van der Waals surface area contributed by atoms with E-state index in [1.807, 2.05) is 6.07 Å². The van der Waals surface area contributed by atoms with Gasteiger partial charge in [0.15, 0.2) is 11.5 Å². The lowest BCUT2D eigenvalue weighted by atomic mass is 9.89. The van der Waals surface area contributed by atoms with Gasteiger partial charge in [-0.15, -0.1) is 0 Å². The van der Waals surface area contributed by atoms with Crippen LogP contribution in [0.4, 0.5) is 0 Å². The van der Waals surface area contributed by atoms with E-state index in [1.54, 1.807) is 0 Å². The second-order valence-electron chi connectivity index (χ2n) is 10.2. The first-order valence-electron chi connectivity index (χ1n) is 10.9. The molecule has 1 aliphatic carbocycles. The summed E-state index contributed by atoms with van der Waals surface area (Å²) in [5.74, 6) is -0.630. The van der Waals surface area contributed by atoms with Crippen LogP contribution >= 0.6 is 0 Å². The molecule has 1 fully saturated rings. The van der Waals surface area contributed by atoms with Crippen molar-refractivity contribution in [2.45, 2.75) is 105 Å². The number of benzene rings is 1. The topological polar surface area (TPSA) is 60.7 Å². The highest BCUT2D eigenvalue weighted by Crippen LogP contribution is 2.49. The van der Waals surface area contributed by atoms with Crippen LogP contribution in [0.15, 0.2) is 6.07 Å². The molecule has 1 saturated carbocycles. The van der Waals surface area contributed by atoms with Gasteiger partial charge in [-0.05, 0) is 79.4 Å². The van der Waals surface area contributed by atoms with E-state index in [-0.39, 0.29) is 17.2 Å². The largest absolute Gasteiger partial charge is 0.504 e. The second kappa shape index (κ2) is 9.21. The number of aryl methyl sites for hydroxylation is 2. The Morgan fingerprint density at radius 2 is 1.30 bits per heavy atom. The molecule has 0 heterocycles. The van der Waals surface area contributed by atoms with Crippen molar-refractivity contribution in [1.82, 2.24) is 0 Å². The van der Waals surface area contributed by atoms with Gasteiger partial charge in [-0.25, -0.2) is 0 Å². The van der Waals surface area contributed by atoms with Crippen LogP contribution < -0.4 is 0 Å². The molecule has 1 aliphatic rings. The van der Waals surface area contributed by atoms with Crippen molar-refractivity contribution in [3.8, 4) is 17.2 Å². The lowest BCUT2D eigenvalue weighted by Gasteiger charge is -2.17. The molecule has 1 aromatic rings. The first-order chi connectivity index (χ1) is 12.6. The lowest BCUT2D eigenvalue weighted by molar-refractivity contribution is 0.354. The molecule has 2 rings (SSSR count). The summed E-state index contributed by atoms with van der Waals surface area (Å²) in [5, 5.41) is 30.5. The van der Waals surface area contributed by atoms with Crippen molar-refractivity contribution in [3.63, 3.8) is 0 Å². The summed E-state index contributed by atoms with van der Waals surface area (Å²) >= 11 is 0. The number of phenolic OH excluding ortho intramolecular Hbond substituents is 3. The summed E-state index contributed by atoms with van der Waals surface area (Å²) < 4.78 is 0. The van der Waals surface area contributed by atoms with Gasteiger partial charge in [-0.2, -0.15) is 0 Å². The van der Waals surface area contributed by atoms with Crippen LogP contribution in [0.3, 0.4) is 0 Å². The zero-order chi connectivity index (χ0) is 20.1. The van der Waals surface area contributed by atoms with Crippen LogP contribution in [0.25, 0.3) is 0 Å². The summed E-state index contributed by atoms with van der Waals surface area (Å²) in [6, 6.07) is 1.90. The minimum absolute atomic E-state index is 0.141. The van der Waals surface area contributed by atoms with Crippen molar-refractivity contribution in [2.75, 3.05) is 0 Å². The van der Waals surface area contributed by atoms with Crippen molar-refractivity contribution < 1.29 is 15.3 Å². The highest BCUT2D eigenvalue weighted by atomic mass is 16.3. The molecule has 3 nitrogen and oxygen atoms in total. The molecular formula is C24H40O3. The van der Waals surface area contributed by atoms with Crippen LogP contribution in [0.5, 0.6) is 17.2 Å². The molecule has 0 aromatic heterocycles. The van der Waals surface area contributed by atoms with E-state index in [0.29, 0.717) is 10.8 Å². The zero-order valence-corrected chi connectivity index (χ0v) is 17.9. The quantitative estimate of drug-likeness (QED) is 0.292. The summed E-state index contributed by atoms with van der Waals surface area (Å²) in [6.07, 6.45) is 13.4. The third-order valence-electron chi connectivity index (χ3n) is 6.11. The number of phenols is 3. The number of rotatable bonds is 11. The van der Waals surface area contributed by atoms with Crippen LogP contribution in [-0.4, -0.2) is 15.3 Å². The van der Waals surface area contributed by atoms with Crippen LogP contribution in [-0.2, 0) is 12.8 Å². The highest BCUT2D eigenvalue weighted by molar-refractivity contribution is 5.57. The number of aromatic hydroxyl groups is 3. The molecule has 3 heteroatoms. The van der Waals surface area contributed by atoms with Gasteiger partial charge in [0.1, 0.15) is 0 Å². The van der Waals surface area contributed by atoms with Crippen molar-refractivity contribution in [2.24, 2.45) is 10.8 Å². The van der Waals surface area contributed by atoms with Crippen LogP contribution in [0.2, 0.25) is 0 Å². The van der Waals surface area contributed by atoms with Gasteiger partial charge in [-0.3, -0.25) is 0 Å². The number of unbranched alkanes of at least 4 members (excludes halogenated alkanes) is 4. The van der Waals surface area contributed by atoms with Gasteiger partial charge in [0, 0.05) is 0 Å². The first-order valence-corrected chi connectivity index (χ1v) is 10.9. The van der Waals surface area contributed by atoms with E-state index in [2.05, 4.69) is 27.7 Å². The molecule has 0 aliphatic heterocycles. The Morgan fingerprint density at radius 1 is 0.778 bits per heavy atom. The molecule has 154 valence electrons. The fraction of sp³-hybridized carbons (Fsp3) is 0.750. The molecule has 27 heavy (non-hydrogen) atoms. The average Bonchev–Trinajstić information content (AvgIpc) is 3.32. The average molecular weight is 377 g/mol. The Morgan fingerprint density at radius 3 is 1.78 bits per heavy atom. The maximum Gasteiger partial charge on any atom is 0.200 e. The molecule has 0 spiro atoms. The Bertz CT molecular complexity index is 570. The molecule has 0 unspecified atom stereocenters. The van der Waals surface area contributed by atoms with Gasteiger partial charge < -0.3 is 15.3 Å². The molecule has 0 amide bonds. The molecule has 0 atom stereocenters. The van der Waals surface area contributed by atoms with E-state index in [9.17, 15) is 15.3 Å². The van der Waals surface area contributed by atoms with Gasteiger partial charge in [0.05, 0.1) is 0 Å². The molecule has 0 bridgehead atoms. The SMILES string of the molecule is CC(C)(C)CCCCCc1cc(CCCCCC2(C)CC2)c(O)c(O)c1O. The van der Waals surface area contributed by atoms with Crippen molar-refractivity contribution in [1.29, 1.82) is 0 Å². The third kappa shape index (κ3) is 7.27. The van der Waals surface area contributed by atoms with Gasteiger partial charge in [0.25, 0.3) is 0 Å². The fourth-order valence-corrected chi connectivity index (χ4v) is 3.80. The number of hydrogen-bond acceptors (Lipinski definition) is 3. The first kappa shape index (κ1) is 21.9. The number of hydrogen-bond donors (Lipinski definition) is 3. The monoisotopic (exact) mass is 376 g/mol. The predicted octanol–water partition coefficient (Wildman–Crippen LogP) is 6.86. The molecule has 1 aromatic carbocycles. The smallest absolute Gasteiger partial charge is 0.200 e. The Labute approximate surface area is 165 Å². The Balaban J connectivity index is 1.82. The molecular weight excluding hydrogens is 336 g/mol. The summed E-state index contributed by atoms with van der Waals surface area (Å²) in [7, 11) is 0. The fourth-order valence-electron chi connectivity index (χ4n) is 3.80. The minimum Gasteiger partial charge on any atom is -0.504 e. The molecule has 0 radical (unpaired) electrons. The van der Waals surface area contributed by atoms with Gasteiger partial charge >= 0.3 is 0 Å². The van der Waals surface area contributed by atoms with Crippen molar-refractivity contribution in [3.05, 3.63) is 17.2 Å². The standard InChI is InChI=1S/C24H40O3/c1-23(2,3)13-9-5-7-11-18-17-19(21(26)22(27)20(18)25)12-8-6-10-14-24(4)15-16-24/h17,25-27H,5-16H2,1-4H3. The Hall–Kier alpha value is -1.38. The zero-order valence-electron chi connectivity index (χ0n) is 17.9. The maximum atomic E-state index is 10.2. The van der Waals surface area contributed by atoms with E-state index in [4.69, 9.17) is 0 Å². The van der Waals surface area contributed by atoms with E-state index < -0.39 is 0 Å². The Kier molecular flexibility index (Phi) is 7.47. The van der Waals surface area contributed by atoms with E-state index in [0.717, 1.165) is 49.7 Å². The highest BCUT2D eigenvalue weighted by Gasteiger charge is 2.35. The van der Waals surface area contributed by atoms with Crippen LogP contribution in [0.1, 0.15) is 103 Å². The van der Waals surface area contributed by atoms with E-state index >= 15 is 0 Å². The lowest BCUT2D eigenvalue weighted by Crippen LogP contribution is -2.04. The molecule has 0 saturated heterocycles. The second-order valence-corrected chi connectivity index (χ2v) is 10.2. The summed E-state index contributed by atoms with van der Waals surface area (Å²) in [4.78, 5) is 0.